The molecule has 0 aliphatic carbocycles. The second-order valence-electron chi connectivity index (χ2n) is 2.95. The van der Waals surface area contributed by atoms with Crippen LogP contribution in [0.5, 0.6) is 5.75 Å². The van der Waals surface area contributed by atoms with Gasteiger partial charge in [0, 0.05) is 12.0 Å². The fourth-order valence-corrected chi connectivity index (χ4v) is 1.11. The van der Waals surface area contributed by atoms with Crippen molar-refractivity contribution >= 4 is 0 Å². The lowest BCUT2D eigenvalue weighted by molar-refractivity contribution is 0.469. The van der Waals surface area contributed by atoms with Crippen LogP contribution in [-0.2, 0) is 6.42 Å². The molecular weight excluding hydrogens is 148 g/mol. The summed E-state index contributed by atoms with van der Waals surface area (Å²) >= 11 is 0. The zero-order valence-electron chi connectivity index (χ0n) is 7.39. The van der Waals surface area contributed by atoms with E-state index in [0.29, 0.717) is 12.2 Å². The van der Waals surface area contributed by atoms with Crippen LogP contribution < -0.4 is 0 Å². The maximum atomic E-state index is 9.45. The van der Waals surface area contributed by atoms with Crippen LogP contribution in [0.2, 0.25) is 0 Å². The van der Waals surface area contributed by atoms with E-state index in [1.54, 1.807) is 6.07 Å². The molecule has 0 spiro atoms. The number of phenols is 1. The number of phenolic OH excluding ortho intramolecular Hbond substituents is 1. The molecule has 0 aliphatic heterocycles. The minimum atomic E-state index is 0.302. The number of aryl methyl sites for hydroxylation is 2. The fraction of sp³-hybridized carbons (Fsp3) is 0.273. The van der Waals surface area contributed by atoms with E-state index < -0.39 is 0 Å². The molecule has 1 heteroatoms. The number of aromatic hydroxyl groups is 1. The summed E-state index contributed by atoms with van der Waals surface area (Å²) in [5.74, 6) is 2.81. The predicted octanol–water partition coefficient (Wildman–Crippen LogP) is 2.18. The number of terminal acetylenes is 1. The molecule has 0 amide bonds. The van der Waals surface area contributed by atoms with Gasteiger partial charge in [0.1, 0.15) is 5.75 Å². The van der Waals surface area contributed by atoms with Crippen LogP contribution in [0.4, 0.5) is 0 Å². The maximum absolute atomic E-state index is 9.45. The van der Waals surface area contributed by atoms with Gasteiger partial charge in [-0.2, -0.15) is 0 Å². The third kappa shape index (κ3) is 1.60. The first-order valence-electron chi connectivity index (χ1n) is 3.87. The smallest absolute Gasteiger partial charge is 0.120 e. The highest BCUT2D eigenvalue weighted by molar-refractivity contribution is 5.42. The van der Waals surface area contributed by atoms with E-state index in [1.807, 2.05) is 19.9 Å². The Bertz CT molecular complexity index is 332. The standard InChI is InChI=1S/C11H12O/c1-4-5-10-6-8(2)9(3)7-11(10)12/h1,6-7,12H,5H2,2-3H3. The van der Waals surface area contributed by atoms with Gasteiger partial charge < -0.3 is 5.11 Å². The van der Waals surface area contributed by atoms with Gasteiger partial charge in [0.25, 0.3) is 0 Å². The lowest BCUT2D eigenvalue weighted by atomic mass is 10.0. The highest BCUT2D eigenvalue weighted by Gasteiger charge is 2.01. The average molecular weight is 160 g/mol. The summed E-state index contributed by atoms with van der Waals surface area (Å²) in [6.45, 7) is 3.98. The molecule has 0 aliphatic rings. The van der Waals surface area contributed by atoms with Gasteiger partial charge in [0.2, 0.25) is 0 Å². The first-order valence-corrected chi connectivity index (χ1v) is 3.87. The Hall–Kier alpha value is -1.42. The third-order valence-electron chi connectivity index (χ3n) is 1.99. The molecule has 1 aromatic rings. The Labute approximate surface area is 73.0 Å². The molecule has 0 fully saturated rings. The van der Waals surface area contributed by atoms with Gasteiger partial charge in [0.15, 0.2) is 0 Å². The Morgan fingerprint density at radius 1 is 1.33 bits per heavy atom. The van der Waals surface area contributed by atoms with E-state index >= 15 is 0 Å². The monoisotopic (exact) mass is 160 g/mol. The van der Waals surface area contributed by atoms with Gasteiger partial charge >= 0.3 is 0 Å². The molecule has 0 radical (unpaired) electrons. The molecule has 0 atom stereocenters. The molecule has 12 heavy (non-hydrogen) atoms. The van der Waals surface area contributed by atoms with Crippen molar-refractivity contribution in [1.29, 1.82) is 0 Å². The zero-order valence-corrected chi connectivity index (χ0v) is 7.39. The number of benzene rings is 1. The highest BCUT2D eigenvalue weighted by Crippen LogP contribution is 2.21. The van der Waals surface area contributed by atoms with E-state index in [2.05, 4.69) is 5.92 Å². The second kappa shape index (κ2) is 3.32. The molecule has 62 valence electrons. The summed E-state index contributed by atoms with van der Waals surface area (Å²) in [6.07, 6.45) is 5.65. The lowest BCUT2D eigenvalue weighted by Gasteiger charge is -2.05. The van der Waals surface area contributed by atoms with E-state index in [1.165, 1.54) is 0 Å². The second-order valence-corrected chi connectivity index (χ2v) is 2.95. The quantitative estimate of drug-likeness (QED) is 0.624. The van der Waals surface area contributed by atoms with Crippen molar-refractivity contribution in [1.82, 2.24) is 0 Å². The molecule has 0 heterocycles. The molecule has 0 saturated heterocycles. The van der Waals surface area contributed by atoms with Gasteiger partial charge in [-0.15, -0.1) is 12.3 Å². The first-order chi connectivity index (χ1) is 5.65. The number of rotatable bonds is 1. The van der Waals surface area contributed by atoms with Crippen LogP contribution in [-0.4, -0.2) is 5.11 Å². The first kappa shape index (κ1) is 8.67. The maximum Gasteiger partial charge on any atom is 0.120 e. The molecule has 0 aromatic heterocycles. The van der Waals surface area contributed by atoms with Crippen LogP contribution in [0.25, 0.3) is 0 Å². The third-order valence-corrected chi connectivity index (χ3v) is 1.99. The largest absolute Gasteiger partial charge is 0.508 e. The van der Waals surface area contributed by atoms with Crippen LogP contribution in [0.15, 0.2) is 12.1 Å². The van der Waals surface area contributed by atoms with Crippen LogP contribution in [0.1, 0.15) is 16.7 Å². The van der Waals surface area contributed by atoms with Crippen molar-refractivity contribution < 1.29 is 5.11 Å². The van der Waals surface area contributed by atoms with Gasteiger partial charge in [-0.05, 0) is 31.0 Å². The number of hydrogen-bond acceptors (Lipinski definition) is 1. The molecule has 1 aromatic carbocycles. The van der Waals surface area contributed by atoms with Gasteiger partial charge in [-0.1, -0.05) is 6.07 Å². The Morgan fingerprint density at radius 3 is 2.50 bits per heavy atom. The van der Waals surface area contributed by atoms with Crippen molar-refractivity contribution in [3.05, 3.63) is 28.8 Å². The van der Waals surface area contributed by atoms with Gasteiger partial charge in [-0.25, -0.2) is 0 Å². The normalized spacial score (nSPS) is 9.42. The Balaban J connectivity index is 3.16. The lowest BCUT2D eigenvalue weighted by Crippen LogP contribution is -1.87. The van der Waals surface area contributed by atoms with E-state index in [0.717, 1.165) is 16.7 Å². The molecule has 0 unspecified atom stereocenters. The van der Waals surface area contributed by atoms with Gasteiger partial charge in [0.05, 0.1) is 0 Å². The van der Waals surface area contributed by atoms with E-state index in [4.69, 9.17) is 6.42 Å². The fourth-order valence-electron chi connectivity index (χ4n) is 1.11. The molecular formula is C11H12O. The highest BCUT2D eigenvalue weighted by atomic mass is 16.3. The molecule has 1 rings (SSSR count). The summed E-state index contributed by atoms with van der Waals surface area (Å²) < 4.78 is 0. The average Bonchev–Trinajstić information content (AvgIpc) is 2.01. The predicted molar refractivity (Wildman–Crippen MR) is 50.1 cm³/mol. The SMILES string of the molecule is C#CCc1cc(C)c(C)cc1O. The van der Waals surface area contributed by atoms with Crippen molar-refractivity contribution in [3.8, 4) is 18.1 Å². The van der Waals surface area contributed by atoms with Crippen molar-refractivity contribution in [2.75, 3.05) is 0 Å². The summed E-state index contributed by atoms with van der Waals surface area (Å²) in [5, 5.41) is 9.45. The summed E-state index contributed by atoms with van der Waals surface area (Å²) in [7, 11) is 0. The van der Waals surface area contributed by atoms with Crippen molar-refractivity contribution in [2.45, 2.75) is 20.3 Å². The molecule has 1 N–H and O–H groups in total. The minimum absolute atomic E-state index is 0.302. The van der Waals surface area contributed by atoms with Crippen LogP contribution in [0, 0.1) is 26.2 Å². The molecule has 1 nitrogen and oxygen atoms in total. The van der Waals surface area contributed by atoms with Crippen molar-refractivity contribution in [3.63, 3.8) is 0 Å². The Morgan fingerprint density at radius 2 is 1.92 bits per heavy atom. The zero-order chi connectivity index (χ0) is 9.14. The number of hydrogen-bond donors (Lipinski definition) is 1. The van der Waals surface area contributed by atoms with Crippen LogP contribution in [0.3, 0.4) is 0 Å². The molecule has 0 bridgehead atoms. The summed E-state index contributed by atoms with van der Waals surface area (Å²) in [4.78, 5) is 0. The topological polar surface area (TPSA) is 20.2 Å². The minimum Gasteiger partial charge on any atom is -0.508 e. The molecule has 0 saturated carbocycles. The summed E-state index contributed by atoms with van der Waals surface area (Å²) in [6, 6.07) is 3.69. The Kier molecular flexibility index (Phi) is 2.40. The van der Waals surface area contributed by atoms with E-state index in [-0.39, 0.29) is 0 Å². The summed E-state index contributed by atoms with van der Waals surface area (Å²) in [5.41, 5.74) is 3.09. The van der Waals surface area contributed by atoms with Crippen molar-refractivity contribution in [2.24, 2.45) is 0 Å². The van der Waals surface area contributed by atoms with Gasteiger partial charge in [-0.3, -0.25) is 0 Å². The van der Waals surface area contributed by atoms with E-state index in [9.17, 15) is 5.11 Å². The van der Waals surface area contributed by atoms with Crippen LogP contribution >= 0.6 is 0 Å².